The van der Waals surface area contributed by atoms with Crippen LogP contribution in [0.5, 0.6) is 5.88 Å². The van der Waals surface area contributed by atoms with Crippen LogP contribution in [0.25, 0.3) is 5.65 Å². The van der Waals surface area contributed by atoms with E-state index in [1.165, 1.54) is 0 Å². The molecule has 3 aromatic rings. The second-order valence-electron chi connectivity index (χ2n) is 4.12. The van der Waals surface area contributed by atoms with Crippen LogP contribution in [0, 0.1) is 0 Å². The fourth-order valence-electron chi connectivity index (χ4n) is 1.80. The Morgan fingerprint density at radius 3 is 3.10 bits per heavy atom. The van der Waals surface area contributed by atoms with Crippen molar-refractivity contribution in [2.24, 2.45) is 0 Å². The molecule has 6 nitrogen and oxygen atoms in total. The number of fused-ring (bicyclic) bond motifs is 1. The van der Waals surface area contributed by atoms with Gasteiger partial charge in [-0.15, -0.1) is 5.10 Å². The fraction of sp³-hybridized carbons (Fsp3) is 0.154. The number of halogens is 1. The van der Waals surface area contributed by atoms with Crippen molar-refractivity contribution in [1.82, 2.24) is 19.6 Å². The van der Waals surface area contributed by atoms with E-state index < -0.39 is 0 Å². The molecule has 0 unspecified atom stereocenters. The minimum absolute atomic E-state index is 0.577. The van der Waals surface area contributed by atoms with E-state index in [2.05, 4.69) is 36.3 Å². The number of aromatic nitrogens is 4. The first kappa shape index (κ1) is 12.9. The molecule has 0 spiro atoms. The van der Waals surface area contributed by atoms with Crippen LogP contribution in [0.1, 0.15) is 5.56 Å². The van der Waals surface area contributed by atoms with Crippen molar-refractivity contribution in [2.45, 2.75) is 6.54 Å². The Labute approximate surface area is 123 Å². The third-order valence-electron chi connectivity index (χ3n) is 2.77. The highest BCUT2D eigenvalue weighted by Crippen LogP contribution is 2.17. The molecule has 0 saturated carbocycles. The molecule has 20 heavy (non-hydrogen) atoms. The van der Waals surface area contributed by atoms with Gasteiger partial charge in [0.1, 0.15) is 0 Å². The normalized spacial score (nSPS) is 10.7. The Kier molecular flexibility index (Phi) is 3.51. The number of methoxy groups -OCH3 is 1. The lowest BCUT2D eigenvalue weighted by atomic mass is 10.2. The van der Waals surface area contributed by atoms with Gasteiger partial charge in [-0.05, 0) is 39.7 Å². The fourth-order valence-corrected chi connectivity index (χ4v) is 2.22. The van der Waals surface area contributed by atoms with Gasteiger partial charge in [0.15, 0.2) is 5.65 Å². The van der Waals surface area contributed by atoms with Crippen LogP contribution in [-0.2, 0) is 6.54 Å². The first-order chi connectivity index (χ1) is 9.76. The first-order valence-corrected chi connectivity index (χ1v) is 6.79. The summed E-state index contributed by atoms with van der Waals surface area (Å²) >= 11 is 3.45. The van der Waals surface area contributed by atoms with Crippen molar-refractivity contribution in [3.63, 3.8) is 0 Å². The second-order valence-corrected chi connectivity index (χ2v) is 4.97. The zero-order valence-corrected chi connectivity index (χ0v) is 12.3. The standard InChI is InChI=1S/C13H12BrN5O/c1-20-11-7-9(4-5-15-11)8-16-13-17-12-10(14)3-2-6-19(12)18-13/h2-7H,8H2,1H3,(H,16,18). The third-order valence-corrected chi connectivity index (χ3v) is 3.39. The highest BCUT2D eigenvalue weighted by Gasteiger charge is 2.06. The molecule has 0 saturated heterocycles. The minimum atomic E-state index is 0.577. The van der Waals surface area contributed by atoms with Gasteiger partial charge < -0.3 is 10.1 Å². The van der Waals surface area contributed by atoms with E-state index in [0.29, 0.717) is 18.4 Å². The van der Waals surface area contributed by atoms with Crippen LogP contribution in [0.2, 0.25) is 0 Å². The Balaban J connectivity index is 1.78. The van der Waals surface area contributed by atoms with Crippen molar-refractivity contribution in [1.29, 1.82) is 0 Å². The zero-order valence-electron chi connectivity index (χ0n) is 10.7. The second kappa shape index (κ2) is 5.46. The number of nitrogens with zero attached hydrogens (tertiary/aromatic N) is 4. The topological polar surface area (TPSA) is 64.3 Å². The Hall–Kier alpha value is -2.15. The van der Waals surface area contributed by atoms with Gasteiger partial charge in [-0.1, -0.05) is 0 Å². The minimum Gasteiger partial charge on any atom is -0.481 e. The Bertz CT molecular complexity index is 742. The maximum absolute atomic E-state index is 5.09. The monoisotopic (exact) mass is 333 g/mol. The SMILES string of the molecule is COc1cc(CNc2nc3c(Br)cccn3n2)ccn1. The van der Waals surface area contributed by atoms with E-state index >= 15 is 0 Å². The average Bonchev–Trinajstić information content (AvgIpc) is 2.90. The number of hydrogen-bond acceptors (Lipinski definition) is 5. The maximum atomic E-state index is 5.09. The number of rotatable bonds is 4. The van der Waals surface area contributed by atoms with E-state index in [-0.39, 0.29) is 0 Å². The van der Waals surface area contributed by atoms with E-state index in [1.54, 1.807) is 17.8 Å². The van der Waals surface area contributed by atoms with Gasteiger partial charge in [0, 0.05) is 25.0 Å². The predicted octanol–water partition coefficient (Wildman–Crippen LogP) is 2.51. The molecule has 3 heterocycles. The maximum Gasteiger partial charge on any atom is 0.243 e. The summed E-state index contributed by atoms with van der Waals surface area (Å²) in [5.41, 5.74) is 1.83. The predicted molar refractivity (Wildman–Crippen MR) is 78.8 cm³/mol. The van der Waals surface area contributed by atoms with Crippen LogP contribution in [0.4, 0.5) is 5.95 Å². The largest absolute Gasteiger partial charge is 0.481 e. The van der Waals surface area contributed by atoms with Crippen LogP contribution < -0.4 is 10.1 Å². The van der Waals surface area contributed by atoms with Crippen LogP contribution >= 0.6 is 15.9 Å². The smallest absolute Gasteiger partial charge is 0.243 e. The molecule has 0 aromatic carbocycles. The molecule has 3 rings (SSSR count). The highest BCUT2D eigenvalue weighted by atomic mass is 79.9. The summed E-state index contributed by atoms with van der Waals surface area (Å²) in [5.74, 6) is 1.17. The van der Waals surface area contributed by atoms with Crippen molar-refractivity contribution in [3.05, 3.63) is 46.7 Å². The van der Waals surface area contributed by atoms with Crippen LogP contribution in [-0.4, -0.2) is 26.7 Å². The quantitative estimate of drug-likeness (QED) is 0.794. The number of pyridine rings is 2. The average molecular weight is 334 g/mol. The van der Waals surface area contributed by atoms with Crippen molar-refractivity contribution < 1.29 is 4.74 Å². The lowest BCUT2D eigenvalue weighted by Gasteiger charge is -2.03. The summed E-state index contributed by atoms with van der Waals surface area (Å²) in [7, 11) is 1.60. The molecule has 0 aliphatic heterocycles. The zero-order chi connectivity index (χ0) is 13.9. The van der Waals surface area contributed by atoms with E-state index in [9.17, 15) is 0 Å². The van der Waals surface area contributed by atoms with Gasteiger partial charge in [0.25, 0.3) is 0 Å². The van der Waals surface area contributed by atoms with Crippen molar-refractivity contribution in [2.75, 3.05) is 12.4 Å². The van der Waals surface area contributed by atoms with Gasteiger partial charge in [0.05, 0.1) is 11.6 Å². The lowest BCUT2D eigenvalue weighted by Crippen LogP contribution is -2.02. The lowest BCUT2D eigenvalue weighted by molar-refractivity contribution is 0.397. The molecular formula is C13H12BrN5O. The summed E-state index contributed by atoms with van der Waals surface area (Å²) in [6.45, 7) is 0.605. The summed E-state index contributed by atoms with van der Waals surface area (Å²) in [6, 6.07) is 7.63. The number of ether oxygens (including phenoxy) is 1. The van der Waals surface area contributed by atoms with Crippen molar-refractivity contribution >= 4 is 27.5 Å². The van der Waals surface area contributed by atoms with Gasteiger partial charge in [0.2, 0.25) is 11.8 Å². The van der Waals surface area contributed by atoms with Gasteiger partial charge in [-0.25, -0.2) is 9.50 Å². The van der Waals surface area contributed by atoms with E-state index in [0.717, 1.165) is 15.7 Å². The van der Waals surface area contributed by atoms with Crippen LogP contribution in [0.3, 0.4) is 0 Å². The molecule has 1 N–H and O–H groups in total. The molecule has 0 amide bonds. The van der Waals surface area contributed by atoms with Crippen LogP contribution in [0.15, 0.2) is 41.1 Å². The van der Waals surface area contributed by atoms with Gasteiger partial charge in [-0.3, -0.25) is 0 Å². The summed E-state index contributed by atoms with van der Waals surface area (Å²) < 4.78 is 7.72. The molecule has 0 fully saturated rings. The number of anilines is 1. The summed E-state index contributed by atoms with van der Waals surface area (Å²) in [5, 5.41) is 7.53. The molecule has 0 aliphatic rings. The molecular weight excluding hydrogens is 322 g/mol. The van der Waals surface area contributed by atoms with E-state index in [4.69, 9.17) is 4.74 Å². The Morgan fingerprint density at radius 1 is 1.40 bits per heavy atom. The summed E-state index contributed by atoms with van der Waals surface area (Å²) in [4.78, 5) is 8.48. The molecule has 0 atom stereocenters. The van der Waals surface area contributed by atoms with Crippen molar-refractivity contribution in [3.8, 4) is 5.88 Å². The number of nitrogens with one attached hydrogen (secondary N) is 1. The molecule has 7 heteroatoms. The molecule has 102 valence electrons. The summed E-state index contributed by atoms with van der Waals surface area (Å²) in [6.07, 6.45) is 3.57. The molecule has 3 aromatic heterocycles. The van der Waals surface area contributed by atoms with E-state index in [1.807, 2.05) is 30.5 Å². The van der Waals surface area contributed by atoms with Gasteiger partial charge in [-0.2, -0.15) is 4.98 Å². The Morgan fingerprint density at radius 2 is 2.30 bits per heavy atom. The molecule has 0 aliphatic carbocycles. The highest BCUT2D eigenvalue weighted by molar-refractivity contribution is 9.10. The first-order valence-electron chi connectivity index (χ1n) is 6.00. The molecule has 0 bridgehead atoms. The molecule has 0 radical (unpaired) electrons. The number of hydrogen-bond donors (Lipinski definition) is 1. The van der Waals surface area contributed by atoms with Gasteiger partial charge >= 0.3 is 0 Å². The third kappa shape index (κ3) is 2.57.